The van der Waals surface area contributed by atoms with Crippen molar-refractivity contribution >= 4 is 11.6 Å². The Hall–Kier alpha value is -1.36. The van der Waals surface area contributed by atoms with Crippen LogP contribution in [0.15, 0.2) is 6.07 Å². The minimum atomic E-state index is 0.289. The van der Waals surface area contributed by atoms with Crippen LogP contribution < -0.4 is 16.6 Å². The molecule has 112 valence electrons. The molecule has 1 fully saturated rings. The quantitative estimate of drug-likeness (QED) is 0.569. The second kappa shape index (κ2) is 6.88. The van der Waals surface area contributed by atoms with Gasteiger partial charge in [-0.1, -0.05) is 40.0 Å². The largest absolute Gasteiger partial charge is 0.367 e. The molecule has 20 heavy (non-hydrogen) atoms. The number of aromatic nitrogens is 2. The molecule has 5 nitrogen and oxygen atoms in total. The molecule has 0 spiro atoms. The van der Waals surface area contributed by atoms with Crippen molar-refractivity contribution in [2.45, 2.75) is 64.8 Å². The van der Waals surface area contributed by atoms with E-state index in [0.717, 1.165) is 17.6 Å². The van der Waals surface area contributed by atoms with Crippen LogP contribution in [0.4, 0.5) is 11.6 Å². The average molecular weight is 277 g/mol. The van der Waals surface area contributed by atoms with Crippen LogP contribution in [0.25, 0.3) is 0 Å². The van der Waals surface area contributed by atoms with Crippen LogP contribution in [0.2, 0.25) is 0 Å². The van der Waals surface area contributed by atoms with E-state index in [4.69, 9.17) is 5.84 Å². The maximum Gasteiger partial charge on any atom is 0.145 e. The van der Waals surface area contributed by atoms with Crippen molar-refractivity contribution in [2.75, 3.05) is 10.7 Å². The number of nitrogens with two attached hydrogens (primary N) is 1. The average Bonchev–Trinajstić information content (AvgIpc) is 2.47. The Labute approximate surface area is 121 Å². The molecule has 2 atom stereocenters. The van der Waals surface area contributed by atoms with E-state index in [1.165, 1.54) is 32.1 Å². The summed E-state index contributed by atoms with van der Waals surface area (Å²) >= 11 is 0. The van der Waals surface area contributed by atoms with Crippen molar-refractivity contribution in [2.24, 2.45) is 11.8 Å². The molecule has 2 unspecified atom stereocenters. The molecule has 1 heterocycles. The van der Waals surface area contributed by atoms with Gasteiger partial charge in [-0.15, -0.1) is 0 Å². The van der Waals surface area contributed by atoms with E-state index in [2.05, 4.69) is 41.5 Å². The zero-order chi connectivity index (χ0) is 14.5. The summed E-state index contributed by atoms with van der Waals surface area (Å²) in [4.78, 5) is 9.02. The maximum absolute atomic E-state index is 5.51. The number of rotatable bonds is 5. The summed E-state index contributed by atoms with van der Waals surface area (Å²) in [5.41, 5.74) is 2.63. The lowest BCUT2D eigenvalue weighted by Gasteiger charge is -2.32. The smallest absolute Gasteiger partial charge is 0.145 e. The van der Waals surface area contributed by atoms with E-state index >= 15 is 0 Å². The number of hydrazine groups is 1. The molecule has 4 N–H and O–H groups in total. The normalized spacial score (nSPS) is 22.9. The molecule has 5 heteroatoms. The van der Waals surface area contributed by atoms with Gasteiger partial charge in [0.2, 0.25) is 0 Å². The third kappa shape index (κ3) is 3.60. The van der Waals surface area contributed by atoms with E-state index in [1.807, 2.05) is 6.07 Å². The highest BCUT2D eigenvalue weighted by Gasteiger charge is 2.24. The monoisotopic (exact) mass is 277 g/mol. The predicted octanol–water partition coefficient (Wildman–Crippen LogP) is 3.27. The molecule has 1 saturated carbocycles. The highest BCUT2D eigenvalue weighted by molar-refractivity contribution is 5.47. The number of nitrogens with one attached hydrogen (secondary N) is 2. The second-order valence-electron chi connectivity index (χ2n) is 6.00. The fourth-order valence-corrected chi connectivity index (χ4v) is 2.95. The van der Waals surface area contributed by atoms with Crippen molar-refractivity contribution in [3.05, 3.63) is 11.9 Å². The van der Waals surface area contributed by atoms with Crippen molar-refractivity contribution < 1.29 is 0 Å². The van der Waals surface area contributed by atoms with E-state index in [0.29, 0.717) is 11.9 Å². The summed E-state index contributed by atoms with van der Waals surface area (Å²) < 4.78 is 0. The first-order valence-corrected chi connectivity index (χ1v) is 7.76. The molecule has 1 aliphatic carbocycles. The lowest BCUT2D eigenvalue weighted by atomic mass is 9.83. The molecule has 0 bridgehead atoms. The molecule has 0 aliphatic heterocycles. The summed E-state index contributed by atoms with van der Waals surface area (Å²) in [5.74, 6) is 8.93. The number of anilines is 2. The Morgan fingerprint density at radius 2 is 1.95 bits per heavy atom. The van der Waals surface area contributed by atoms with Gasteiger partial charge in [0.1, 0.15) is 17.5 Å². The molecule has 0 radical (unpaired) electrons. The zero-order valence-corrected chi connectivity index (χ0v) is 12.8. The minimum absolute atomic E-state index is 0.289. The van der Waals surface area contributed by atoms with Gasteiger partial charge in [-0.05, 0) is 18.8 Å². The van der Waals surface area contributed by atoms with Gasteiger partial charge in [0.15, 0.2) is 0 Å². The van der Waals surface area contributed by atoms with Crippen LogP contribution in [0, 0.1) is 5.92 Å². The summed E-state index contributed by atoms with van der Waals surface area (Å²) in [6.07, 6.45) is 6.43. The molecule has 0 saturated heterocycles. The lowest BCUT2D eigenvalue weighted by Crippen LogP contribution is -2.32. The van der Waals surface area contributed by atoms with Crippen LogP contribution in [0.5, 0.6) is 0 Å². The Balaban J connectivity index is 2.16. The Morgan fingerprint density at radius 1 is 1.25 bits per heavy atom. The van der Waals surface area contributed by atoms with Gasteiger partial charge in [-0.3, -0.25) is 0 Å². The minimum Gasteiger partial charge on any atom is -0.367 e. The van der Waals surface area contributed by atoms with Gasteiger partial charge in [-0.25, -0.2) is 15.8 Å². The van der Waals surface area contributed by atoms with Crippen molar-refractivity contribution in [3.8, 4) is 0 Å². The molecular weight excluding hydrogens is 250 g/mol. The first-order valence-electron chi connectivity index (χ1n) is 7.76. The highest BCUT2D eigenvalue weighted by Crippen LogP contribution is 2.29. The van der Waals surface area contributed by atoms with E-state index in [9.17, 15) is 0 Å². The SMILES string of the molecule is CCC1CCCCC1Nc1cc(NN)nc(C(C)C)n1. The Kier molecular flexibility index (Phi) is 5.17. The van der Waals surface area contributed by atoms with Crippen LogP contribution in [-0.2, 0) is 0 Å². The molecule has 0 amide bonds. The summed E-state index contributed by atoms with van der Waals surface area (Å²) in [6.45, 7) is 6.46. The van der Waals surface area contributed by atoms with Gasteiger partial charge in [0, 0.05) is 18.0 Å². The number of hydrogen-bond donors (Lipinski definition) is 3. The maximum atomic E-state index is 5.51. The molecular formula is C15H27N5. The zero-order valence-electron chi connectivity index (χ0n) is 12.8. The van der Waals surface area contributed by atoms with Crippen molar-refractivity contribution in [1.82, 2.24) is 9.97 Å². The van der Waals surface area contributed by atoms with Crippen molar-refractivity contribution in [1.29, 1.82) is 0 Å². The molecule has 1 aromatic heterocycles. The van der Waals surface area contributed by atoms with Gasteiger partial charge >= 0.3 is 0 Å². The Bertz CT molecular complexity index is 432. The first-order chi connectivity index (χ1) is 9.63. The van der Waals surface area contributed by atoms with Crippen LogP contribution in [-0.4, -0.2) is 16.0 Å². The van der Waals surface area contributed by atoms with Gasteiger partial charge in [0.05, 0.1) is 0 Å². The van der Waals surface area contributed by atoms with Crippen molar-refractivity contribution in [3.63, 3.8) is 0 Å². The molecule has 0 aromatic carbocycles. The Morgan fingerprint density at radius 3 is 2.60 bits per heavy atom. The fourth-order valence-electron chi connectivity index (χ4n) is 2.95. The van der Waals surface area contributed by atoms with E-state index < -0.39 is 0 Å². The standard InChI is InChI=1S/C15H27N5/c1-4-11-7-5-6-8-12(11)17-13-9-14(20-16)19-15(18-13)10(2)3/h9-12H,4-8,16H2,1-3H3,(H2,17,18,19,20). The summed E-state index contributed by atoms with van der Waals surface area (Å²) in [7, 11) is 0. The van der Waals surface area contributed by atoms with Crippen LogP contribution in [0.3, 0.4) is 0 Å². The van der Waals surface area contributed by atoms with Gasteiger partial charge in [-0.2, -0.15) is 0 Å². The predicted molar refractivity (Wildman–Crippen MR) is 83.6 cm³/mol. The highest BCUT2D eigenvalue weighted by atomic mass is 15.3. The van der Waals surface area contributed by atoms with E-state index in [-0.39, 0.29) is 5.92 Å². The van der Waals surface area contributed by atoms with Gasteiger partial charge < -0.3 is 10.7 Å². The summed E-state index contributed by atoms with van der Waals surface area (Å²) in [6, 6.07) is 2.42. The number of nitrogens with zero attached hydrogens (tertiary/aromatic N) is 2. The van der Waals surface area contributed by atoms with Crippen LogP contribution >= 0.6 is 0 Å². The van der Waals surface area contributed by atoms with Gasteiger partial charge in [0.25, 0.3) is 0 Å². The fraction of sp³-hybridized carbons (Fsp3) is 0.733. The van der Waals surface area contributed by atoms with Crippen LogP contribution in [0.1, 0.15) is 64.6 Å². The molecule has 1 aromatic rings. The third-order valence-corrected chi connectivity index (χ3v) is 4.17. The second-order valence-corrected chi connectivity index (χ2v) is 6.00. The number of nitrogen functional groups attached to an aromatic ring is 1. The lowest BCUT2D eigenvalue weighted by molar-refractivity contribution is 0.316. The van der Waals surface area contributed by atoms with E-state index in [1.54, 1.807) is 0 Å². The summed E-state index contributed by atoms with van der Waals surface area (Å²) in [5, 5.41) is 3.61. The number of hydrogen-bond acceptors (Lipinski definition) is 5. The third-order valence-electron chi connectivity index (χ3n) is 4.17. The first kappa shape index (κ1) is 15.0. The molecule has 2 rings (SSSR count). The topological polar surface area (TPSA) is 75.9 Å². The molecule has 1 aliphatic rings.